The maximum atomic E-state index is 11.9. The smallest absolute Gasteiger partial charge is 0.256 e. The van der Waals surface area contributed by atoms with Gasteiger partial charge in [0.1, 0.15) is 0 Å². The Morgan fingerprint density at radius 3 is 2.40 bits per heavy atom. The molecule has 0 fully saturated rings. The van der Waals surface area contributed by atoms with Gasteiger partial charge in [-0.25, -0.2) is 0 Å². The molecule has 0 saturated heterocycles. The Morgan fingerprint density at radius 1 is 1.40 bits per heavy atom. The first-order valence-electron chi connectivity index (χ1n) is 4.47. The molecule has 5 heteroatoms. The minimum atomic E-state index is -0.212. The van der Waals surface area contributed by atoms with E-state index in [9.17, 15) is 4.79 Å². The maximum Gasteiger partial charge on any atom is 0.256 e. The van der Waals surface area contributed by atoms with Crippen molar-refractivity contribution in [2.75, 3.05) is 20.1 Å². The summed E-state index contributed by atoms with van der Waals surface area (Å²) in [6.07, 6.45) is 0. The molecule has 82 valence electrons. The number of carbonyl (C=O) groups is 1. The minimum Gasteiger partial charge on any atom is -0.340 e. The lowest BCUT2D eigenvalue weighted by molar-refractivity contribution is 0.0799. The van der Waals surface area contributed by atoms with E-state index in [0.29, 0.717) is 28.7 Å². The van der Waals surface area contributed by atoms with Crippen molar-refractivity contribution in [2.45, 2.75) is 0 Å². The molecular weight excluding hydrogens is 235 g/mol. The molecule has 3 nitrogen and oxygen atoms in total. The third-order valence-corrected chi connectivity index (χ3v) is 2.62. The zero-order chi connectivity index (χ0) is 11.4. The van der Waals surface area contributed by atoms with Gasteiger partial charge >= 0.3 is 0 Å². The molecule has 0 aliphatic carbocycles. The Balaban J connectivity index is 3.00. The van der Waals surface area contributed by atoms with Crippen LogP contribution in [-0.2, 0) is 0 Å². The van der Waals surface area contributed by atoms with Crippen LogP contribution in [0, 0.1) is 0 Å². The van der Waals surface area contributed by atoms with Crippen LogP contribution in [0.3, 0.4) is 0 Å². The second kappa shape index (κ2) is 5.35. The average Bonchev–Trinajstić information content (AvgIpc) is 2.17. The standard InChI is InChI=1S/C10H12Cl2N2O/c1-14(6-5-13)10(15)9-7(11)3-2-4-8(9)12/h2-4H,5-6,13H2,1H3. The van der Waals surface area contributed by atoms with Crippen LogP contribution in [-0.4, -0.2) is 30.9 Å². The van der Waals surface area contributed by atoms with Gasteiger partial charge in [-0.3, -0.25) is 4.79 Å². The number of halogens is 2. The summed E-state index contributed by atoms with van der Waals surface area (Å²) in [6.45, 7) is 0.880. The van der Waals surface area contributed by atoms with E-state index in [-0.39, 0.29) is 5.91 Å². The van der Waals surface area contributed by atoms with E-state index in [4.69, 9.17) is 28.9 Å². The summed E-state index contributed by atoms with van der Waals surface area (Å²) in [5, 5.41) is 0.716. The van der Waals surface area contributed by atoms with E-state index >= 15 is 0 Å². The number of benzene rings is 1. The van der Waals surface area contributed by atoms with E-state index in [1.807, 2.05) is 0 Å². The fraction of sp³-hybridized carbons (Fsp3) is 0.300. The molecule has 2 N–H and O–H groups in total. The van der Waals surface area contributed by atoms with Gasteiger partial charge < -0.3 is 10.6 Å². The van der Waals surface area contributed by atoms with Crippen molar-refractivity contribution in [3.63, 3.8) is 0 Å². The van der Waals surface area contributed by atoms with Crippen LogP contribution < -0.4 is 5.73 Å². The van der Waals surface area contributed by atoms with Gasteiger partial charge in [0, 0.05) is 20.1 Å². The highest BCUT2D eigenvalue weighted by Gasteiger charge is 2.17. The van der Waals surface area contributed by atoms with Gasteiger partial charge in [-0.2, -0.15) is 0 Å². The highest BCUT2D eigenvalue weighted by Crippen LogP contribution is 2.25. The molecule has 0 aliphatic rings. The Hall–Kier alpha value is -0.770. The van der Waals surface area contributed by atoms with Gasteiger partial charge in [-0.15, -0.1) is 0 Å². The molecule has 0 aliphatic heterocycles. The van der Waals surface area contributed by atoms with E-state index in [1.54, 1.807) is 25.2 Å². The Labute approximate surface area is 98.8 Å². The summed E-state index contributed by atoms with van der Waals surface area (Å²) in [6, 6.07) is 4.97. The summed E-state index contributed by atoms with van der Waals surface area (Å²) in [5.41, 5.74) is 5.69. The summed E-state index contributed by atoms with van der Waals surface area (Å²) >= 11 is 11.8. The molecule has 15 heavy (non-hydrogen) atoms. The first-order chi connectivity index (χ1) is 7.07. The number of amides is 1. The number of nitrogens with zero attached hydrogens (tertiary/aromatic N) is 1. The first kappa shape index (κ1) is 12.3. The number of hydrogen-bond donors (Lipinski definition) is 1. The highest BCUT2D eigenvalue weighted by molar-refractivity contribution is 6.39. The molecule has 1 aromatic carbocycles. The van der Waals surface area contributed by atoms with Crippen LogP contribution in [0.1, 0.15) is 10.4 Å². The number of nitrogens with two attached hydrogens (primary N) is 1. The Bertz CT molecular complexity index is 348. The van der Waals surface area contributed by atoms with Crippen molar-refractivity contribution in [3.8, 4) is 0 Å². The lowest BCUT2D eigenvalue weighted by Gasteiger charge is -2.17. The van der Waals surface area contributed by atoms with Crippen molar-refractivity contribution in [3.05, 3.63) is 33.8 Å². The molecule has 1 amide bonds. The lowest BCUT2D eigenvalue weighted by atomic mass is 10.2. The quantitative estimate of drug-likeness (QED) is 0.888. The summed E-state index contributed by atoms with van der Waals surface area (Å²) in [7, 11) is 1.66. The Kier molecular flexibility index (Phi) is 4.39. The molecule has 0 heterocycles. The number of hydrogen-bond acceptors (Lipinski definition) is 2. The van der Waals surface area contributed by atoms with Gasteiger partial charge in [0.05, 0.1) is 15.6 Å². The number of likely N-dealkylation sites (N-methyl/N-ethyl adjacent to an activating group) is 1. The van der Waals surface area contributed by atoms with Gasteiger partial charge in [-0.05, 0) is 12.1 Å². The largest absolute Gasteiger partial charge is 0.340 e. The Morgan fingerprint density at radius 2 is 1.93 bits per heavy atom. The monoisotopic (exact) mass is 246 g/mol. The maximum absolute atomic E-state index is 11.9. The molecule has 1 rings (SSSR count). The normalized spacial score (nSPS) is 10.1. The van der Waals surface area contributed by atoms with Crippen LogP contribution in [0.25, 0.3) is 0 Å². The SMILES string of the molecule is CN(CCN)C(=O)c1c(Cl)cccc1Cl. The van der Waals surface area contributed by atoms with E-state index < -0.39 is 0 Å². The van der Waals surface area contributed by atoms with Crippen molar-refractivity contribution < 1.29 is 4.79 Å². The zero-order valence-electron chi connectivity index (χ0n) is 8.34. The molecular formula is C10H12Cl2N2O. The van der Waals surface area contributed by atoms with Crippen molar-refractivity contribution >= 4 is 29.1 Å². The molecule has 0 atom stereocenters. The van der Waals surface area contributed by atoms with Crippen LogP contribution in [0.5, 0.6) is 0 Å². The minimum absolute atomic E-state index is 0.212. The van der Waals surface area contributed by atoms with Crippen LogP contribution in [0.2, 0.25) is 10.0 Å². The summed E-state index contributed by atoms with van der Waals surface area (Å²) < 4.78 is 0. The predicted octanol–water partition coefficient (Wildman–Crippen LogP) is 2.02. The second-order valence-electron chi connectivity index (χ2n) is 3.11. The molecule has 0 saturated carbocycles. The van der Waals surface area contributed by atoms with Crippen LogP contribution >= 0.6 is 23.2 Å². The van der Waals surface area contributed by atoms with Gasteiger partial charge in [0.2, 0.25) is 0 Å². The highest BCUT2D eigenvalue weighted by atomic mass is 35.5. The van der Waals surface area contributed by atoms with Gasteiger partial charge in [-0.1, -0.05) is 29.3 Å². The molecule has 0 radical (unpaired) electrons. The molecule has 0 unspecified atom stereocenters. The number of rotatable bonds is 3. The third-order valence-electron chi connectivity index (χ3n) is 1.99. The second-order valence-corrected chi connectivity index (χ2v) is 3.93. The molecule has 0 bridgehead atoms. The molecule has 1 aromatic rings. The lowest BCUT2D eigenvalue weighted by Crippen LogP contribution is -2.32. The first-order valence-corrected chi connectivity index (χ1v) is 5.23. The number of carbonyl (C=O) groups excluding carboxylic acids is 1. The summed E-state index contributed by atoms with van der Waals surface area (Å²) in [4.78, 5) is 13.4. The van der Waals surface area contributed by atoms with Gasteiger partial charge in [0.15, 0.2) is 0 Å². The van der Waals surface area contributed by atoms with Gasteiger partial charge in [0.25, 0.3) is 5.91 Å². The van der Waals surface area contributed by atoms with E-state index in [0.717, 1.165) is 0 Å². The van der Waals surface area contributed by atoms with Crippen LogP contribution in [0.15, 0.2) is 18.2 Å². The van der Waals surface area contributed by atoms with Crippen molar-refractivity contribution in [1.29, 1.82) is 0 Å². The molecule has 0 spiro atoms. The fourth-order valence-corrected chi connectivity index (χ4v) is 1.75. The third kappa shape index (κ3) is 2.84. The average molecular weight is 247 g/mol. The zero-order valence-corrected chi connectivity index (χ0v) is 9.85. The predicted molar refractivity (Wildman–Crippen MR) is 62.5 cm³/mol. The van der Waals surface area contributed by atoms with Crippen LogP contribution in [0.4, 0.5) is 0 Å². The van der Waals surface area contributed by atoms with Crippen molar-refractivity contribution in [1.82, 2.24) is 4.90 Å². The fourth-order valence-electron chi connectivity index (χ4n) is 1.19. The summed E-state index contributed by atoms with van der Waals surface area (Å²) in [5.74, 6) is -0.212. The topological polar surface area (TPSA) is 46.3 Å². The van der Waals surface area contributed by atoms with E-state index in [2.05, 4.69) is 0 Å². The molecule has 0 aromatic heterocycles. The van der Waals surface area contributed by atoms with Crippen molar-refractivity contribution in [2.24, 2.45) is 5.73 Å². The van der Waals surface area contributed by atoms with E-state index in [1.165, 1.54) is 4.90 Å².